The summed E-state index contributed by atoms with van der Waals surface area (Å²) in [7, 11) is 0. The van der Waals surface area contributed by atoms with Gasteiger partial charge in [0.25, 0.3) is 5.91 Å². The minimum absolute atomic E-state index is 0.0168. The molecule has 0 bridgehead atoms. The van der Waals surface area contributed by atoms with E-state index in [2.05, 4.69) is 24.3 Å². The number of amides is 2. The van der Waals surface area contributed by atoms with Gasteiger partial charge in [0.05, 0.1) is 6.26 Å². The van der Waals surface area contributed by atoms with Crippen molar-refractivity contribution in [2.24, 2.45) is 0 Å². The first kappa shape index (κ1) is 18.5. The maximum absolute atomic E-state index is 12.8. The van der Waals surface area contributed by atoms with Gasteiger partial charge in [-0.1, -0.05) is 24.3 Å². The minimum Gasteiger partial charge on any atom is -0.459 e. The quantitative estimate of drug-likeness (QED) is 0.795. The molecule has 29 heavy (non-hydrogen) atoms. The molecule has 152 valence electrons. The average molecular weight is 392 g/mol. The van der Waals surface area contributed by atoms with Gasteiger partial charge < -0.3 is 14.2 Å². The molecule has 3 heterocycles. The fourth-order valence-corrected chi connectivity index (χ4v) is 5.68. The highest BCUT2D eigenvalue weighted by Gasteiger charge is 2.46. The smallest absolute Gasteiger partial charge is 0.289 e. The first-order valence-corrected chi connectivity index (χ1v) is 10.9. The monoisotopic (exact) mass is 392 g/mol. The largest absolute Gasteiger partial charge is 0.459 e. The van der Waals surface area contributed by atoms with Crippen molar-refractivity contribution < 1.29 is 14.0 Å². The fourth-order valence-electron chi connectivity index (χ4n) is 5.68. The van der Waals surface area contributed by atoms with Gasteiger partial charge in [-0.05, 0) is 66.7 Å². The summed E-state index contributed by atoms with van der Waals surface area (Å²) in [5, 5.41) is 0. The summed E-state index contributed by atoms with van der Waals surface area (Å²) in [6.07, 6.45) is 7.36. The Morgan fingerprint density at radius 3 is 2.45 bits per heavy atom. The first-order chi connectivity index (χ1) is 14.2. The van der Waals surface area contributed by atoms with Gasteiger partial charge in [-0.3, -0.25) is 9.59 Å². The molecule has 1 aliphatic carbocycles. The highest BCUT2D eigenvalue weighted by atomic mass is 16.3. The van der Waals surface area contributed by atoms with E-state index in [9.17, 15) is 9.59 Å². The maximum atomic E-state index is 12.8. The number of furan rings is 1. The molecule has 2 amide bonds. The summed E-state index contributed by atoms with van der Waals surface area (Å²) in [5.41, 5.74) is 2.85. The van der Waals surface area contributed by atoms with E-state index in [-0.39, 0.29) is 11.3 Å². The van der Waals surface area contributed by atoms with Crippen molar-refractivity contribution in [1.82, 2.24) is 9.80 Å². The Balaban J connectivity index is 1.32. The number of fused-ring (bicyclic) bond motifs is 2. The zero-order valence-corrected chi connectivity index (χ0v) is 16.8. The van der Waals surface area contributed by atoms with Crippen LogP contribution in [0.25, 0.3) is 0 Å². The molecule has 5 nitrogen and oxygen atoms in total. The third-order valence-electron chi connectivity index (χ3n) is 7.23. The summed E-state index contributed by atoms with van der Waals surface area (Å²) in [5.74, 6) is 1.01. The van der Waals surface area contributed by atoms with Crippen LogP contribution >= 0.6 is 0 Å². The normalized spacial score (nSPS) is 22.8. The second-order valence-electron chi connectivity index (χ2n) is 8.83. The highest BCUT2D eigenvalue weighted by Crippen LogP contribution is 2.52. The van der Waals surface area contributed by atoms with Gasteiger partial charge in [-0.25, -0.2) is 0 Å². The van der Waals surface area contributed by atoms with E-state index >= 15 is 0 Å². The van der Waals surface area contributed by atoms with Crippen molar-refractivity contribution in [1.29, 1.82) is 0 Å². The second-order valence-corrected chi connectivity index (χ2v) is 8.83. The van der Waals surface area contributed by atoms with Gasteiger partial charge in [0.2, 0.25) is 5.91 Å². The van der Waals surface area contributed by atoms with Gasteiger partial charge in [0, 0.05) is 32.6 Å². The fraction of sp³-hybridized carbons (Fsp3) is 0.500. The molecule has 2 fully saturated rings. The molecule has 2 aliphatic heterocycles. The second kappa shape index (κ2) is 7.36. The van der Waals surface area contributed by atoms with Crippen LogP contribution in [0.3, 0.4) is 0 Å². The predicted molar refractivity (Wildman–Crippen MR) is 110 cm³/mol. The summed E-state index contributed by atoms with van der Waals surface area (Å²) < 4.78 is 5.30. The molecule has 1 unspecified atom stereocenters. The topological polar surface area (TPSA) is 53.8 Å². The van der Waals surface area contributed by atoms with Crippen LogP contribution in [0, 0.1) is 0 Å². The van der Waals surface area contributed by atoms with Crippen molar-refractivity contribution >= 4 is 11.8 Å². The molecule has 5 rings (SSSR count). The SMILES string of the molecule is O=C(CC1CC2(CCN(C(=O)c3ccco3)CC2)c2ccccc21)N1CCCC1. The van der Waals surface area contributed by atoms with Crippen LogP contribution in [0.15, 0.2) is 47.1 Å². The van der Waals surface area contributed by atoms with Gasteiger partial charge in [0.15, 0.2) is 5.76 Å². The molecule has 2 aromatic rings. The van der Waals surface area contributed by atoms with Crippen molar-refractivity contribution in [3.8, 4) is 0 Å². The Morgan fingerprint density at radius 2 is 1.72 bits per heavy atom. The van der Waals surface area contributed by atoms with Crippen molar-refractivity contribution in [2.75, 3.05) is 26.2 Å². The number of hydrogen-bond donors (Lipinski definition) is 0. The Labute approximate surface area is 171 Å². The Morgan fingerprint density at radius 1 is 0.966 bits per heavy atom. The van der Waals surface area contributed by atoms with E-state index in [0.29, 0.717) is 24.0 Å². The third-order valence-corrected chi connectivity index (χ3v) is 7.23. The number of benzene rings is 1. The lowest BCUT2D eigenvalue weighted by atomic mass is 9.73. The molecule has 1 spiro atoms. The number of hydrogen-bond acceptors (Lipinski definition) is 3. The van der Waals surface area contributed by atoms with Crippen LogP contribution in [0.1, 0.15) is 66.1 Å². The Hall–Kier alpha value is -2.56. The number of carbonyl (C=O) groups excluding carboxylic acids is 2. The first-order valence-electron chi connectivity index (χ1n) is 10.9. The van der Waals surface area contributed by atoms with Crippen LogP contribution in [0.4, 0.5) is 0 Å². The van der Waals surface area contributed by atoms with Crippen LogP contribution in [0.5, 0.6) is 0 Å². The summed E-state index contributed by atoms with van der Waals surface area (Å²) in [6.45, 7) is 3.31. The molecular formula is C24H28N2O3. The molecule has 5 heteroatoms. The van der Waals surface area contributed by atoms with E-state index in [1.165, 1.54) is 11.1 Å². The average Bonchev–Trinajstić information content (AvgIpc) is 3.51. The lowest BCUT2D eigenvalue weighted by molar-refractivity contribution is -0.130. The van der Waals surface area contributed by atoms with Crippen molar-refractivity contribution in [3.63, 3.8) is 0 Å². The van der Waals surface area contributed by atoms with E-state index in [4.69, 9.17) is 4.42 Å². The number of likely N-dealkylation sites (tertiary alicyclic amines) is 2. The maximum Gasteiger partial charge on any atom is 0.289 e. The van der Waals surface area contributed by atoms with Gasteiger partial charge in [0.1, 0.15) is 0 Å². The van der Waals surface area contributed by atoms with Crippen LogP contribution < -0.4 is 0 Å². The lowest BCUT2D eigenvalue weighted by Crippen LogP contribution is -2.44. The Bertz CT molecular complexity index is 891. The van der Waals surface area contributed by atoms with Gasteiger partial charge in [-0.2, -0.15) is 0 Å². The molecule has 1 aromatic heterocycles. The zero-order chi connectivity index (χ0) is 19.8. The van der Waals surface area contributed by atoms with Crippen molar-refractivity contribution in [3.05, 3.63) is 59.5 Å². The van der Waals surface area contributed by atoms with Crippen LogP contribution in [-0.4, -0.2) is 47.8 Å². The van der Waals surface area contributed by atoms with E-state index < -0.39 is 0 Å². The molecule has 0 N–H and O–H groups in total. The van der Waals surface area contributed by atoms with E-state index in [0.717, 1.165) is 58.3 Å². The van der Waals surface area contributed by atoms with Gasteiger partial charge >= 0.3 is 0 Å². The van der Waals surface area contributed by atoms with Crippen LogP contribution in [0.2, 0.25) is 0 Å². The molecule has 2 saturated heterocycles. The highest BCUT2D eigenvalue weighted by molar-refractivity contribution is 5.91. The molecule has 3 aliphatic rings. The molecule has 1 aromatic carbocycles. The predicted octanol–water partition coefficient (Wildman–Crippen LogP) is 3.95. The minimum atomic E-state index is -0.0168. The van der Waals surface area contributed by atoms with E-state index in [1.54, 1.807) is 18.4 Å². The summed E-state index contributed by atoms with van der Waals surface area (Å²) >= 11 is 0. The molecular weight excluding hydrogens is 364 g/mol. The van der Waals surface area contributed by atoms with Crippen molar-refractivity contribution in [2.45, 2.75) is 49.9 Å². The number of carbonyl (C=O) groups is 2. The zero-order valence-electron chi connectivity index (χ0n) is 16.8. The number of rotatable bonds is 3. The standard InChI is InChI=1S/C24H28N2O3/c27-22(25-11-3-4-12-25)16-18-17-24(20-7-2-1-6-19(18)20)9-13-26(14-10-24)23(28)21-8-5-15-29-21/h1-2,5-8,15,18H,3-4,9-14,16-17H2. The summed E-state index contributed by atoms with van der Waals surface area (Å²) in [4.78, 5) is 29.4. The third kappa shape index (κ3) is 3.26. The lowest BCUT2D eigenvalue weighted by Gasteiger charge is -2.40. The van der Waals surface area contributed by atoms with Gasteiger partial charge in [-0.15, -0.1) is 0 Å². The molecule has 1 atom stereocenters. The molecule has 0 saturated carbocycles. The number of piperidine rings is 1. The number of nitrogens with zero attached hydrogens (tertiary/aromatic N) is 2. The Kier molecular flexibility index (Phi) is 4.69. The van der Waals surface area contributed by atoms with Crippen LogP contribution in [-0.2, 0) is 10.2 Å². The van der Waals surface area contributed by atoms with E-state index in [1.807, 2.05) is 9.80 Å². The molecule has 0 radical (unpaired) electrons. The summed E-state index contributed by atoms with van der Waals surface area (Å²) in [6, 6.07) is 12.2.